The van der Waals surface area contributed by atoms with Crippen molar-refractivity contribution in [2.24, 2.45) is 5.73 Å². The number of benzene rings is 1. The number of hydrogen-bond donors (Lipinski definition) is 3. The Hall–Kier alpha value is -1.86. The molecular formula is C11H16ClN3O4. The average Bonchev–Trinajstić information content (AvgIpc) is 2.24. The first kappa shape index (κ1) is 17.1. The van der Waals surface area contributed by atoms with Crippen molar-refractivity contribution in [2.75, 3.05) is 6.54 Å². The van der Waals surface area contributed by atoms with Gasteiger partial charge in [-0.05, 0) is 26.0 Å². The van der Waals surface area contributed by atoms with Gasteiger partial charge in [0.2, 0.25) is 0 Å². The number of carbonyl (C=O) groups is 1. The summed E-state index contributed by atoms with van der Waals surface area (Å²) in [6, 6.07) is 3.41. The van der Waals surface area contributed by atoms with Crippen LogP contribution >= 0.6 is 12.4 Å². The van der Waals surface area contributed by atoms with Crippen molar-refractivity contribution in [2.45, 2.75) is 19.4 Å². The lowest BCUT2D eigenvalue weighted by Crippen LogP contribution is -2.45. The van der Waals surface area contributed by atoms with Crippen LogP contribution in [0, 0.1) is 10.1 Å². The molecular weight excluding hydrogens is 274 g/mol. The highest BCUT2D eigenvalue weighted by Crippen LogP contribution is 2.26. The summed E-state index contributed by atoms with van der Waals surface area (Å²) < 4.78 is 0. The molecule has 0 heterocycles. The lowest BCUT2D eigenvalue weighted by molar-refractivity contribution is -0.385. The lowest BCUT2D eigenvalue weighted by atomic mass is 10.1. The van der Waals surface area contributed by atoms with Gasteiger partial charge in [0.25, 0.3) is 5.91 Å². The van der Waals surface area contributed by atoms with Crippen LogP contribution in [0.3, 0.4) is 0 Å². The molecule has 4 N–H and O–H groups in total. The Morgan fingerprint density at radius 2 is 2.11 bits per heavy atom. The molecule has 0 spiro atoms. The van der Waals surface area contributed by atoms with Crippen molar-refractivity contribution in [3.63, 3.8) is 0 Å². The van der Waals surface area contributed by atoms with Gasteiger partial charge < -0.3 is 16.2 Å². The fourth-order valence-electron chi connectivity index (χ4n) is 1.23. The number of aromatic hydroxyl groups is 1. The number of nitrogens with two attached hydrogens (primary N) is 1. The van der Waals surface area contributed by atoms with Crippen molar-refractivity contribution in [3.8, 4) is 5.75 Å². The minimum absolute atomic E-state index is 0. The largest absolute Gasteiger partial charge is 0.502 e. The summed E-state index contributed by atoms with van der Waals surface area (Å²) in [6.45, 7) is 3.75. The molecule has 1 aromatic rings. The molecule has 19 heavy (non-hydrogen) atoms. The van der Waals surface area contributed by atoms with E-state index in [1.807, 2.05) is 0 Å². The van der Waals surface area contributed by atoms with E-state index in [4.69, 9.17) is 5.73 Å². The van der Waals surface area contributed by atoms with Crippen LogP contribution in [0.5, 0.6) is 5.75 Å². The molecule has 0 fully saturated rings. The van der Waals surface area contributed by atoms with E-state index in [0.29, 0.717) is 0 Å². The number of phenols is 1. The summed E-state index contributed by atoms with van der Waals surface area (Å²) in [5.41, 5.74) is 4.85. The van der Waals surface area contributed by atoms with Gasteiger partial charge >= 0.3 is 5.69 Å². The maximum Gasteiger partial charge on any atom is 0.310 e. The van der Waals surface area contributed by atoms with Crippen molar-refractivity contribution < 1.29 is 14.8 Å². The summed E-state index contributed by atoms with van der Waals surface area (Å²) in [6.07, 6.45) is 0. The Bertz CT molecular complexity index is 485. The molecule has 8 heteroatoms. The molecule has 0 aliphatic carbocycles. The van der Waals surface area contributed by atoms with Crippen molar-refractivity contribution in [3.05, 3.63) is 33.9 Å². The Balaban J connectivity index is 0.00000324. The van der Waals surface area contributed by atoms with Crippen LogP contribution in [-0.4, -0.2) is 28.0 Å². The van der Waals surface area contributed by atoms with Crippen LogP contribution in [-0.2, 0) is 0 Å². The molecule has 1 aromatic carbocycles. The summed E-state index contributed by atoms with van der Waals surface area (Å²) in [4.78, 5) is 21.4. The predicted molar refractivity (Wildman–Crippen MR) is 72.6 cm³/mol. The second-order valence-electron chi connectivity index (χ2n) is 4.63. The van der Waals surface area contributed by atoms with E-state index in [-0.39, 0.29) is 24.5 Å². The predicted octanol–water partition coefficient (Wildman–Crippen LogP) is 1.19. The van der Waals surface area contributed by atoms with Crippen molar-refractivity contribution in [1.29, 1.82) is 0 Å². The molecule has 0 aliphatic rings. The van der Waals surface area contributed by atoms with Gasteiger partial charge in [-0.25, -0.2) is 0 Å². The maximum atomic E-state index is 11.7. The highest BCUT2D eigenvalue weighted by atomic mass is 35.5. The molecule has 106 valence electrons. The van der Waals surface area contributed by atoms with E-state index in [9.17, 15) is 20.0 Å². The van der Waals surface area contributed by atoms with Gasteiger partial charge in [0.1, 0.15) is 0 Å². The number of hydrogen-bond acceptors (Lipinski definition) is 5. The van der Waals surface area contributed by atoms with Crippen LogP contribution in [0.2, 0.25) is 0 Å². The molecule has 1 rings (SSSR count). The minimum atomic E-state index is -0.722. The standard InChI is InChI=1S/C11H15N3O4.ClH/c1-11(2,12)6-13-10(16)7-3-4-8(14(17)18)9(15)5-7;/h3-5,15H,6,12H2,1-2H3,(H,13,16);1H. The Morgan fingerprint density at radius 1 is 1.53 bits per heavy atom. The van der Waals surface area contributed by atoms with Crippen LogP contribution in [0.4, 0.5) is 5.69 Å². The number of nitro groups is 1. The Labute approximate surface area is 116 Å². The van der Waals surface area contributed by atoms with E-state index >= 15 is 0 Å². The molecule has 1 amide bonds. The lowest BCUT2D eigenvalue weighted by Gasteiger charge is -2.18. The summed E-state index contributed by atoms with van der Waals surface area (Å²) >= 11 is 0. The zero-order valence-electron chi connectivity index (χ0n) is 10.5. The fraction of sp³-hybridized carbons (Fsp3) is 0.364. The summed E-state index contributed by atoms with van der Waals surface area (Å²) in [7, 11) is 0. The average molecular weight is 290 g/mol. The highest BCUT2D eigenvalue weighted by molar-refractivity contribution is 5.95. The van der Waals surface area contributed by atoms with Crippen molar-refractivity contribution >= 4 is 24.0 Å². The third-order valence-corrected chi connectivity index (χ3v) is 2.14. The molecule has 0 aliphatic heterocycles. The van der Waals surface area contributed by atoms with E-state index < -0.39 is 27.8 Å². The van der Waals surface area contributed by atoms with Gasteiger partial charge in [-0.15, -0.1) is 12.4 Å². The topological polar surface area (TPSA) is 118 Å². The second-order valence-corrected chi connectivity index (χ2v) is 4.63. The van der Waals surface area contributed by atoms with Gasteiger partial charge in [0.15, 0.2) is 5.75 Å². The third-order valence-electron chi connectivity index (χ3n) is 2.14. The van der Waals surface area contributed by atoms with E-state index in [1.54, 1.807) is 13.8 Å². The Kier molecular flexibility index (Phi) is 5.73. The van der Waals surface area contributed by atoms with Crippen LogP contribution in [0.1, 0.15) is 24.2 Å². The van der Waals surface area contributed by atoms with E-state index in [1.165, 1.54) is 6.07 Å². The summed E-state index contributed by atoms with van der Waals surface area (Å²) in [5.74, 6) is -0.988. The first-order chi connectivity index (χ1) is 8.20. The Morgan fingerprint density at radius 3 is 2.53 bits per heavy atom. The number of carbonyl (C=O) groups excluding carboxylic acids is 1. The smallest absolute Gasteiger partial charge is 0.310 e. The molecule has 0 radical (unpaired) electrons. The van der Waals surface area contributed by atoms with E-state index in [2.05, 4.69) is 5.32 Å². The molecule has 0 atom stereocenters. The van der Waals surface area contributed by atoms with Crippen LogP contribution in [0.25, 0.3) is 0 Å². The first-order valence-corrected chi connectivity index (χ1v) is 5.25. The number of phenolic OH excluding ortho intramolecular Hbond substituents is 1. The van der Waals surface area contributed by atoms with Crippen LogP contribution < -0.4 is 11.1 Å². The molecule has 0 saturated carbocycles. The SMILES string of the molecule is CC(C)(N)CNC(=O)c1ccc([N+](=O)[O-])c(O)c1.Cl. The maximum absolute atomic E-state index is 11.7. The van der Waals surface area contributed by atoms with Crippen molar-refractivity contribution in [1.82, 2.24) is 5.32 Å². The minimum Gasteiger partial charge on any atom is -0.502 e. The molecule has 0 saturated heterocycles. The van der Waals surface area contributed by atoms with Gasteiger partial charge in [-0.2, -0.15) is 0 Å². The van der Waals surface area contributed by atoms with Gasteiger partial charge in [-0.1, -0.05) is 0 Å². The third kappa shape index (κ3) is 5.11. The van der Waals surface area contributed by atoms with E-state index in [0.717, 1.165) is 12.1 Å². The quantitative estimate of drug-likeness (QED) is 0.568. The number of halogens is 1. The first-order valence-electron chi connectivity index (χ1n) is 5.25. The number of nitrogens with one attached hydrogen (secondary N) is 1. The zero-order chi connectivity index (χ0) is 13.9. The highest BCUT2D eigenvalue weighted by Gasteiger charge is 2.17. The number of nitrogens with zero attached hydrogens (tertiary/aromatic N) is 1. The van der Waals surface area contributed by atoms with Gasteiger partial charge in [0.05, 0.1) is 4.92 Å². The van der Waals surface area contributed by atoms with Gasteiger partial charge in [0, 0.05) is 23.7 Å². The molecule has 0 unspecified atom stereocenters. The number of rotatable bonds is 4. The van der Waals surface area contributed by atoms with Crippen LogP contribution in [0.15, 0.2) is 18.2 Å². The normalized spacial score (nSPS) is 10.5. The molecule has 0 aromatic heterocycles. The second kappa shape index (κ2) is 6.35. The number of amides is 1. The summed E-state index contributed by atoms with van der Waals surface area (Å²) in [5, 5.41) is 22.5. The monoisotopic (exact) mass is 289 g/mol. The molecule has 7 nitrogen and oxygen atoms in total. The zero-order valence-corrected chi connectivity index (χ0v) is 11.4. The number of nitro benzene ring substituents is 1. The fourth-order valence-corrected chi connectivity index (χ4v) is 1.23. The van der Waals surface area contributed by atoms with Gasteiger partial charge in [-0.3, -0.25) is 14.9 Å². The molecule has 0 bridgehead atoms.